The zero-order valence-electron chi connectivity index (χ0n) is 13.8. The van der Waals surface area contributed by atoms with Gasteiger partial charge in [0.25, 0.3) is 11.6 Å². The summed E-state index contributed by atoms with van der Waals surface area (Å²) in [7, 11) is 1.53. The SMILES string of the molecule is COc1ccccc1-c1csc2c1C(=O)C(F)(c1ccccc1)C(=O)N2. The normalized spacial score (nSPS) is 19.0. The molecule has 0 saturated heterocycles. The Labute approximate surface area is 153 Å². The van der Waals surface area contributed by atoms with Crippen LogP contribution in [0.5, 0.6) is 5.75 Å². The van der Waals surface area contributed by atoms with Gasteiger partial charge in [-0.15, -0.1) is 11.3 Å². The Balaban J connectivity index is 1.91. The van der Waals surface area contributed by atoms with Crippen molar-refractivity contribution >= 4 is 28.0 Å². The van der Waals surface area contributed by atoms with Crippen molar-refractivity contribution in [3.8, 4) is 16.9 Å². The van der Waals surface area contributed by atoms with E-state index >= 15 is 4.39 Å². The van der Waals surface area contributed by atoms with Gasteiger partial charge in [-0.1, -0.05) is 48.5 Å². The fraction of sp³-hybridized carbons (Fsp3) is 0.100. The number of thiophene rings is 1. The maximum absolute atomic E-state index is 15.7. The number of halogens is 1. The second-order valence-electron chi connectivity index (χ2n) is 5.86. The molecule has 0 radical (unpaired) electrons. The van der Waals surface area contributed by atoms with E-state index in [9.17, 15) is 9.59 Å². The Kier molecular flexibility index (Phi) is 3.85. The van der Waals surface area contributed by atoms with E-state index in [1.807, 2.05) is 12.1 Å². The van der Waals surface area contributed by atoms with Crippen LogP contribution in [-0.4, -0.2) is 18.8 Å². The first-order chi connectivity index (χ1) is 12.6. The maximum Gasteiger partial charge on any atom is 0.275 e. The van der Waals surface area contributed by atoms with E-state index in [1.165, 1.54) is 30.6 Å². The molecule has 1 unspecified atom stereocenters. The summed E-state index contributed by atoms with van der Waals surface area (Å²) < 4.78 is 21.1. The van der Waals surface area contributed by atoms with Gasteiger partial charge in [-0.25, -0.2) is 4.39 Å². The minimum atomic E-state index is -2.76. The number of hydrogen-bond acceptors (Lipinski definition) is 4. The summed E-state index contributed by atoms with van der Waals surface area (Å²) in [5, 5.41) is 4.64. The number of benzene rings is 2. The summed E-state index contributed by atoms with van der Waals surface area (Å²) in [5.74, 6) is -1.25. The number of para-hydroxylation sites is 1. The second kappa shape index (κ2) is 6.07. The van der Waals surface area contributed by atoms with Gasteiger partial charge in [-0.05, 0) is 6.07 Å². The van der Waals surface area contributed by atoms with Crippen LogP contribution in [0.25, 0.3) is 11.1 Å². The minimum Gasteiger partial charge on any atom is -0.496 e. The summed E-state index contributed by atoms with van der Waals surface area (Å²) in [4.78, 5) is 25.6. The van der Waals surface area contributed by atoms with E-state index in [0.717, 1.165) is 0 Å². The molecule has 130 valence electrons. The summed E-state index contributed by atoms with van der Waals surface area (Å²) >= 11 is 1.19. The molecule has 1 aliphatic rings. The van der Waals surface area contributed by atoms with Gasteiger partial charge in [-0.2, -0.15) is 0 Å². The molecule has 1 amide bonds. The molecular weight excluding hydrogens is 353 g/mol. The Morgan fingerprint density at radius 3 is 2.42 bits per heavy atom. The molecule has 4 nitrogen and oxygen atoms in total. The number of nitrogens with one attached hydrogen (secondary N) is 1. The number of rotatable bonds is 3. The highest BCUT2D eigenvalue weighted by Gasteiger charge is 2.53. The first-order valence-corrected chi connectivity index (χ1v) is 8.81. The molecule has 0 saturated carbocycles. The first-order valence-electron chi connectivity index (χ1n) is 7.93. The van der Waals surface area contributed by atoms with Crippen molar-refractivity contribution in [2.45, 2.75) is 5.67 Å². The van der Waals surface area contributed by atoms with Gasteiger partial charge < -0.3 is 10.1 Å². The predicted molar refractivity (Wildman–Crippen MR) is 98.5 cm³/mol. The van der Waals surface area contributed by atoms with Crippen LogP contribution in [-0.2, 0) is 10.5 Å². The number of ether oxygens (including phenoxy) is 1. The third-order valence-corrected chi connectivity index (χ3v) is 5.34. The number of fused-ring (bicyclic) bond motifs is 1. The molecule has 0 bridgehead atoms. The van der Waals surface area contributed by atoms with Crippen molar-refractivity contribution in [2.24, 2.45) is 0 Å². The maximum atomic E-state index is 15.7. The summed E-state index contributed by atoms with van der Waals surface area (Å²) in [6, 6.07) is 15.0. The number of carbonyl (C=O) groups excluding carboxylic acids is 2. The standard InChI is InChI=1S/C20H14FNO3S/c1-25-15-10-6-5-9-13(15)14-11-26-18-16(14)17(23)20(21,19(24)22-18)12-7-3-2-4-8-12/h2-11H,1H3,(H,22,24). The van der Waals surface area contributed by atoms with Crippen molar-refractivity contribution < 1.29 is 18.7 Å². The fourth-order valence-electron chi connectivity index (χ4n) is 3.14. The van der Waals surface area contributed by atoms with Crippen LogP contribution in [0.4, 0.5) is 9.39 Å². The van der Waals surface area contributed by atoms with Crippen molar-refractivity contribution in [1.29, 1.82) is 0 Å². The van der Waals surface area contributed by atoms with Crippen molar-refractivity contribution in [1.82, 2.24) is 0 Å². The number of ketones is 1. The molecule has 4 rings (SSSR count). The molecule has 6 heteroatoms. The van der Waals surface area contributed by atoms with Gasteiger partial charge in [0.05, 0.1) is 12.7 Å². The van der Waals surface area contributed by atoms with Gasteiger partial charge in [0, 0.05) is 22.1 Å². The molecular formula is C20H14FNO3S. The molecule has 26 heavy (non-hydrogen) atoms. The quantitative estimate of drug-likeness (QED) is 0.697. The van der Waals surface area contributed by atoms with Crippen molar-refractivity contribution in [3.05, 3.63) is 71.1 Å². The van der Waals surface area contributed by atoms with Gasteiger partial charge in [0.1, 0.15) is 10.8 Å². The van der Waals surface area contributed by atoms with E-state index in [4.69, 9.17) is 4.74 Å². The number of hydrogen-bond donors (Lipinski definition) is 1. The second-order valence-corrected chi connectivity index (χ2v) is 6.74. The lowest BCUT2D eigenvalue weighted by Crippen LogP contribution is -2.47. The first kappa shape index (κ1) is 16.5. The Hall–Kier alpha value is -2.99. The van der Waals surface area contributed by atoms with Crippen LogP contribution >= 0.6 is 11.3 Å². The largest absolute Gasteiger partial charge is 0.496 e. The number of alkyl halides is 1. The third kappa shape index (κ3) is 2.26. The highest BCUT2D eigenvalue weighted by atomic mass is 32.1. The lowest BCUT2D eigenvalue weighted by Gasteiger charge is -2.28. The van der Waals surface area contributed by atoms with Crippen LogP contribution in [0.1, 0.15) is 15.9 Å². The van der Waals surface area contributed by atoms with E-state index in [1.54, 1.807) is 35.7 Å². The summed E-state index contributed by atoms with van der Waals surface area (Å²) in [5.41, 5.74) is -1.35. The number of amides is 1. The molecule has 0 fully saturated rings. The van der Waals surface area contributed by atoms with Crippen LogP contribution in [0.3, 0.4) is 0 Å². The van der Waals surface area contributed by atoms with Crippen LogP contribution in [0, 0.1) is 0 Å². The number of carbonyl (C=O) groups is 2. The topological polar surface area (TPSA) is 55.4 Å². The lowest BCUT2D eigenvalue weighted by atomic mass is 9.83. The highest BCUT2D eigenvalue weighted by molar-refractivity contribution is 7.15. The zero-order chi connectivity index (χ0) is 18.3. The zero-order valence-corrected chi connectivity index (χ0v) is 14.6. The van der Waals surface area contributed by atoms with Crippen LogP contribution < -0.4 is 10.1 Å². The molecule has 0 aliphatic carbocycles. The Bertz CT molecular complexity index is 1010. The van der Waals surface area contributed by atoms with Crippen LogP contribution in [0.15, 0.2) is 60.0 Å². The fourth-order valence-corrected chi connectivity index (χ4v) is 4.09. The molecule has 0 spiro atoms. The van der Waals surface area contributed by atoms with E-state index < -0.39 is 17.4 Å². The number of anilines is 1. The smallest absolute Gasteiger partial charge is 0.275 e. The summed E-state index contributed by atoms with van der Waals surface area (Å²) in [6.07, 6.45) is 0. The van der Waals surface area contributed by atoms with Gasteiger partial charge in [0.2, 0.25) is 5.78 Å². The molecule has 1 atom stereocenters. The van der Waals surface area contributed by atoms with E-state index in [0.29, 0.717) is 21.9 Å². The third-order valence-electron chi connectivity index (χ3n) is 4.44. The average Bonchev–Trinajstić information content (AvgIpc) is 3.10. The number of methoxy groups -OCH3 is 1. The molecule has 1 N–H and O–H groups in total. The van der Waals surface area contributed by atoms with Crippen LogP contribution in [0.2, 0.25) is 0 Å². The molecule has 3 aromatic rings. The average molecular weight is 367 g/mol. The van der Waals surface area contributed by atoms with E-state index in [2.05, 4.69) is 5.32 Å². The van der Waals surface area contributed by atoms with Gasteiger partial charge in [0.15, 0.2) is 0 Å². The van der Waals surface area contributed by atoms with E-state index in [-0.39, 0.29) is 11.1 Å². The molecule has 2 aromatic carbocycles. The van der Waals surface area contributed by atoms with Gasteiger partial charge >= 0.3 is 0 Å². The summed E-state index contributed by atoms with van der Waals surface area (Å²) in [6.45, 7) is 0. The number of Topliss-reactive ketones (excluding diaryl/α,β-unsaturated/α-hetero) is 1. The molecule has 2 heterocycles. The molecule has 1 aromatic heterocycles. The Morgan fingerprint density at radius 2 is 1.69 bits per heavy atom. The monoisotopic (exact) mass is 367 g/mol. The highest BCUT2D eigenvalue weighted by Crippen LogP contribution is 2.46. The lowest BCUT2D eigenvalue weighted by molar-refractivity contribution is -0.125. The van der Waals surface area contributed by atoms with Crippen molar-refractivity contribution in [2.75, 3.05) is 12.4 Å². The Morgan fingerprint density at radius 1 is 1.00 bits per heavy atom. The van der Waals surface area contributed by atoms with Crippen molar-refractivity contribution in [3.63, 3.8) is 0 Å². The minimum absolute atomic E-state index is 0.0188. The predicted octanol–water partition coefficient (Wildman–Crippen LogP) is 4.42. The molecule has 1 aliphatic heterocycles. The van der Waals surface area contributed by atoms with Gasteiger partial charge in [-0.3, -0.25) is 9.59 Å².